The number of nitrogens with one attached hydrogen (secondary N) is 3. The van der Waals surface area contributed by atoms with Crippen molar-refractivity contribution in [2.45, 2.75) is 38.0 Å². The maximum Gasteiger partial charge on any atom is 0.321 e. The second-order valence-corrected chi connectivity index (χ2v) is 9.84. The smallest absolute Gasteiger partial charge is 0.321 e. The lowest BCUT2D eigenvalue weighted by atomic mass is 9.97. The lowest BCUT2D eigenvalue weighted by molar-refractivity contribution is -0.115. The van der Waals surface area contributed by atoms with E-state index in [0.29, 0.717) is 49.3 Å². The molecule has 0 spiro atoms. The van der Waals surface area contributed by atoms with Gasteiger partial charge in [-0.05, 0) is 73.7 Å². The number of sulfonamides is 1. The Kier molecular flexibility index (Phi) is 8.04. The molecule has 3 amide bonds. The van der Waals surface area contributed by atoms with Crippen LogP contribution >= 0.6 is 0 Å². The fourth-order valence-corrected chi connectivity index (χ4v) is 5.00. The quantitative estimate of drug-likeness (QED) is 0.566. The highest BCUT2D eigenvalue weighted by Gasteiger charge is 2.25. The first kappa shape index (κ1) is 24.7. The number of piperidine rings is 1. The molecule has 33 heavy (non-hydrogen) atoms. The number of hydrogen-bond acceptors (Lipinski definition) is 4. The first-order valence-corrected chi connectivity index (χ1v) is 12.4. The van der Waals surface area contributed by atoms with Crippen molar-refractivity contribution in [2.24, 2.45) is 5.92 Å². The Morgan fingerprint density at radius 2 is 1.67 bits per heavy atom. The van der Waals surface area contributed by atoms with Gasteiger partial charge in [0.25, 0.3) is 0 Å². The van der Waals surface area contributed by atoms with Gasteiger partial charge in [0.05, 0.1) is 4.90 Å². The molecule has 0 aromatic heterocycles. The number of halogens is 1. The molecule has 1 fully saturated rings. The summed E-state index contributed by atoms with van der Waals surface area (Å²) in [7, 11) is -3.70. The topological polar surface area (TPSA) is 108 Å². The third-order valence-electron chi connectivity index (χ3n) is 5.63. The summed E-state index contributed by atoms with van der Waals surface area (Å²) >= 11 is 0. The molecule has 178 valence electrons. The number of carbonyl (C=O) groups is 2. The van der Waals surface area contributed by atoms with Crippen LogP contribution in [0.4, 0.5) is 20.6 Å². The summed E-state index contributed by atoms with van der Waals surface area (Å²) in [5, 5.41) is 5.46. The van der Waals surface area contributed by atoms with E-state index in [1.807, 2.05) is 0 Å². The third kappa shape index (κ3) is 6.75. The molecule has 3 N–H and O–H groups in total. The largest absolute Gasteiger partial charge is 0.326 e. The summed E-state index contributed by atoms with van der Waals surface area (Å²) < 4.78 is 41.2. The second kappa shape index (κ2) is 10.8. The van der Waals surface area contributed by atoms with Crippen LogP contribution in [0.2, 0.25) is 0 Å². The van der Waals surface area contributed by atoms with Crippen LogP contribution in [-0.2, 0) is 14.8 Å². The molecule has 1 heterocycles. The van der Waals surface area contributed by atoms with E-state index in [0.717, 1.165) is 0 Å². The number of rotatable bonds is 7. The first-order chi connectivity index (χ1) is 15.7. The fourth-order valence-electron chi connectivity index (χ4n) is 3.66. The minimum Gasteiger partial charge on any atom is -0.326 e. The third-order valence-corrected chi connectivity index (χ3v) is 7.21. The van der Waals surface area contributed by atoms with E-state index in [1.165, 1.54) is 30.3 Å². The Morgan fingerprint density at radius 3 is 2.27 bits per heavy atom. The summed E-state index contributed by atoms with van der Waals surface area (Å²) in [5.41, 5.74) is 1.63. The van der Waals surface area contributed by atoms with Crippen LogP contribution in [0.1, 0.15) is 31.7 Å². The van der Waals surface area contributed by atoms with Crippen molar-refractivity contribution in [3.8, 4) is 0 Å². The van der Waals surface area contributed by atoms with E-state index in [2.05, 4.69) is 15.4 Å². The second-order valence-electron chi connectivity index (χ2n) is 8.10. The van der Waals surface area contributed by atoms with Gasteiger partial charge in [-0.15, -0.1) is 0 Å². The van der Waals surface area contributed by atoms with E-state index < -0.39 is 10.0 Å². The van der Waals surface area contributed by atoms with Gasteiger partial charge >= 0.3 is 6.03 Å². The number of hydrogen-bond donors (Lipinski definition) is 3. The number of amides is 3. The summed E-state index contributed by atoms with van der Waals surface area (Å²) in [5.74, 6) is -0.399. The maximum absolute atomic E-state index is 13.0. The molecule has 2 aromatic rings. The van der Waals surface area contributed by atoms with Crippen molar-refractivity contribution in [3.05, 3.63) is 53.8 Å². The summed E-state index contributed by atoms with van der Waals surface area (Å²) in [6.07, 6.45) is 1.67. The normalized spacial score (nSPS) is 14.7. The summed E-state index contributed by atoms with van der Waals surface area (Å²) in [6.45, 7) is 4.72. The molecule has 8 nitrogen and oxygen atoms in total. The number of likely N-dealkylation sites (tertiary alicyclic amines) is 1. The van der Waals surface area contributed by atoms with Gasteiger partial charge in [-0.2, -0.15) is 0 Å². The van der Waals surface area contributed by atoms with Crippen molar-refractivity contribution >= 4 is 33.3 Å². The molecule has 10 heteroatoms. The molecule has 0 unspecified atom stereocenters. The molecule has 1 saturated heterocycles. The molecule has 2 aromatic carbocycles. The maximum atomic E-state index is 13.0. The predicted molar refractivity (Wildman–Crippen MR) is 125 cm³/mol. The Hall–Kier alpha value is -2.98. The Labute approximate surface area is 193 Å². The molecule has 0 radical (unpaired) electrons. The van der Waals surface area contributed by atoms with E-state index in [4.69, 9.17) is 0 Å². The first-order valence-electron chi connectivity index (χ1n) is 10.9. The molecule has 1 aliphatic rings. The predicted octanol–water partition coefficient (Wildman–Crippen LogP) is 3.71. The minimum atomic E-state index is -3.70. The molecule has 0 saturated carbocycles. The van der Waals surface area contributed by atoms with Crippen molar-refractivity contribution in [3.63, 3.8) is 0 Å². The van der Waals surface area contributed by atoms with Crippen LogP contribution in [-0.4, -0.2) is 44.9 Å². The zero-order chi connectivity index (χ0) is 24.0. The van der Waals surface area contributed by atoms with Crippen LogP contribution in [0, 0.1) is 18.7 Å². The van der Waals surface area contributed by atoms with Gasteiger partial charge in [0.15, 0.2) is 0 Å². The molecule has 0 atom stereocenters. The number of nitrogens with zero attached hydrogens (tertiary/aromatic N) is 1. The molecular weight excluding hydrogens is 447 g/mol. The van der Waals surface area contributed by atoms with E-state index in [1.54, 1.807) is 30.9 Å². The molecule has 1 aliphatic heterocycles. The van der Waals surface area contributed by atoms with Gasteiger partial charge in [-0.1, -0.05) is 6.92 Å². The molecular formula is C23H29FN4O4S. The average Bonchev–Trinajstić information content (AvgIpc) is 2.79. The monoisotopic (exact) mass is 476 g/mol. The number of anilines is 2. The lowest BCUT2D eigenvalue weighted by Crippen LogP contribution is -2.43. The molecule has 0 aliphatic carbocycles. The highest BCUT2D eigenvalue weighted by Crippen LogP contribution is 2.22. The van der Waals surface area contributed by atoms with E-state index in [-0.39, 0.29) is 35.1 Å². The summed E-state index contributed by atoms with van der Waals surface area (Å²) in [4.78, 5) is 25.8. The fraction of sp³-hybridized carbons (Fsp3) is 0.391. The van der Waals surface area contributed by atoms with Gasteiger partial charge < -0.3 is 15.5 Å². The number of benzene rings is 2. The van der Waals surface area contributed by atoms with Crippen LogP contribution in [0.3, 0.4) is 0 Å². The Balaban J connectivity index is 1.50. The zero-order valence-corrected chi connectivity index (χ0v) is 19.5. The molecule has 3 rings (SSSR count). The average molecular weight is 477 g/mol. The van der Waals surface area contributed by atoms with Crippen LogP contribution in [0.25, 0.3) is 0 Å². The SMILES string of the molecule is CCC(=O)Nc1ccc(S(=O)(=O)NCC2CCN(C(=O)Nc3ccc(F)cc3)CC2)c(C)c1. The number of carbonyl (C=O) groups excluding carboxylic acids is 2. The zero-order valence-electron chi connectivity index (χ0n) is 18.7. The number of urea groups is 1. The summed E-state index contributed by atoms with van der Waals surface area (Å²) in [6, 6.07) is 10.0. The van der Waals surface area contributed by atoms with E-state index >= 15 is 0 Å². The lowest BCUT2D eigenvalue weighted by Gasteiger charge is -2.32. The van der Waals surface area contributed by atoms with Gasteiger partial charge in [-0.3, -0.25) is 4.79 Å². The Bertz CT molecular complexity index is 1100. The van der Waals surface area contributed by atoms with E-state index in [9.17, 15) is 22.4 Å². The van der Waals surface area contributed by atoms with Crippen molar-refractivity contribution in [1.29, 1.82) is 0 Å². The van der Waals surface area contributed by atoms with Gasteiger partial charge in [-0.25, -0.2) is 22.3 Å². The highest BCUT2D eigenvalue weighted by molar-refractivity contribution is 7.89. The standard InChI is InChI=1S/C23H29FN4O4S/c1-3-22(29)26-20-8-9-21(16(2)14-20)33(31,32)25-15-17-10-12-28(13-11-17)23(30)27-19-6-4-18(24)5-7-19/h4-9,14,17,25H,3,10-13,15H2,1-2H3,(H,26,29)(H,27,30). The minimum absolute atomic E-state index is 0.109. The van der Waals surface area contributed by atoms with Crippen molar-refractivity contribution in [2.75, 3.05) is 30.3 Å². The molecule has 0 bridgehead atoms. The van der Waals surface area contributed by atoms with Crippen LogP contribution in [0.5, 0.6) is 0 Å². The van der Waals surface area contributed by atoms with Gasteiger partial charge in [0, 0.05) is 37.4 Å². The van der Waals surface area contributed by atoms with Gasteiger partial charge in [0.2, 0.25) is 15.9 Å². The van der Waals surface area contributed by atoms with Crippen molar-refractivity contribution in [1.82, 2.24) is 9.62 Å². The highest BCUT2D eigenvalue weighted by atomic mass is 32.2. The van der Waals surface area contributed by atoms with Gasteiger partial charge in [0.1, 0.15) is 5.82 Å². The number of aryl methyl sites for hydroxylation is 1. The van der Waals surface area contributed by atoms with Crippen molar-refractivity contribution < 1.29 is 22.4 Å². The Morgan fingerprint density at radius 1 is 1.03 bits per heavy atom. The van der Waals surface area contributed by atoms with Crippen LogP contribution < -0.4 is 15.4 Å². The van der Waals surface area contributed by atoms with Crippen LogP contribution in [0.15, 0.2) is 47.4 Å².